The van der Waals surface area contributed by atoms with Crippen LogP contribution in [0.4, 0.5) is 0 Å². The Kier molecular flexibility index (Phi) is 11.5. The summed E-state index contributed by atoms with van der Waals surface area (Å²) in [6.07, 6.45) is 4.31. The van der Waals surface area contributed by atoms with Gasteiger partial charge in [0.1, 0.15) is 0 Å². The lowest BCUT2D eigenvalue weighted by Crippen LogP contribution is -2.67. The van der Waals surface area contributed by atoms with Crippen molar-refractivity contribution < 1.29 is 14.3 Å². The van der Waals surface area contributed by atoms with E-state index in [9.17, 15) is 5.11 Å². The molecule has 4 heteroatoms. The average molecular weight is 531 g/mol. The highest BCUT2D eigenvalue weighted by Gasteiger charge is 2.51. The van der Waals surface area contributed by atoms with Crippen LogP contribution in [0, 0.1) is 5.92 Å². The molecule has 0 aliphatic rings. The van der Waals surface area contributed by atoms with E-state index in [1.165, 1.54) is 15.9 Å². The first kappa shape index (κ1) is 30.0. The quantitative estimate of drug-likeness (QED) is 0.132. The lowest BCUT2D eigenvalue weighted by atomic mass is 9.96. The molecule has 3 aromatic rings. The molecule has 0 bridgehead atoms. The zero-order valence-corrected chi connectivity index (χ0v) is 24.7. The first-order valence-corrected chi connectivity index (χ1v) is 15.9. The molecule has 0 unspecified atom stereocenters. The van der Waals surface area contributed by atoms with Crippen molar-refractivity contribution in [1.82, 2.24) is 0 Å². The predicted molar refractivity (Wildman–Crippen MR) is 162 cm³/mol. The summed E-state index contributed by atoms with van der Waals surface area (Å²) in [4.78, 5) is 0. The molecular weight excluding hydrogens is 484 g/mol. The number of rotatable bonds is 15. The topological polar surface area (TPSA) is 38.7 Å². The van der Waals surface area contributed by atoms with Crippen LogP contribution in [0.5, 0.6) is 0 Å². The molecular formula is C34H46O3Si. The Bertz CT molecular complexity index is 1020. The van der Waals surface area contributed by atoms with E-state index >= 15 is 0 Å². The van der Waals surface area contributed by atoms with Gasteiger partial charge in [0.05, 0.1) is 18.8 Å². The molecule has 0 amide bonds. The van der Waals surface area contributed by atoms with E-state index in [0.717, 1.165) is 12.8 Å². The summed E-state index contributed by atoms with van der Waals surface area (Å²) in [5.41, 5.74) is 1.19. The number of ether oxygens (including phenoxy) is 1. The molecule has 3 aromatic carbocycles. The number of benzene rings is 3. The first-order chi connectivity index (χ1) is 18.3. The Hall–Kier alpha value is -2.50. The Labute approximate surface area is 231 Å². The Morgan fingerprint density at radius 2 is 1.37 bits per heavy atom. The van der Waals surface area contributed by atoms with Gasteiger partial charge < -0.3 is 14.3 Å². The fourth-order valence-corrected chi connectivity index (χ4v) is 10.1. The maximum absolute atomic E-state index is 11.2. The molecule has 3 nitrogen and oxygen atoms in total. The highest BCUT2D eigenvalue weighted by molar-refractivity contribution is 6.99. The molecule has 0 heterocycles. The van der Waals surface area contributed by atoms with Crippen molar-refractivity contribution in [2.24, 2.45) is 5.92 Å². The smallest absolute Gasteiger partial charge is 0.261 e. The number of aliphatic hydroxyl groups is 1. The van der Waals surface area contributed by atoms with Gasteiger partial charge in [-0.25, -0.2) is 0 Å². The molecule has 3 rings (SSSR count). The normalized spacial score (nSPS) is 14.6. The zero-order valence-electron chi connectivity index (χ0n) is 23.7. The van der Waals surface area contributed by atoms with Crippen molar-refractivity contribution in [3.63, 3.8) is 0 Å². The molecule has 0 saturated heterocycles. The summed E-state index contributed by atoms with van der Waals surface area (Å²) in [5.74, 6) is 0.359. The van der Waals surface area contributed by atoms with Crippen molar-refractivity contribution >= 4 is 18.7 Å². The van der Waals surface area contributed by atoms with Gasteiger partial charge >= 0.3 is 0 Å². The van der Waals surface area contributed by atoms with Crippen molar-refractivity contribution in [1.29, 1.82) is 0 Å². The fraction of sp³-hybridized carbons (Fsp3) is 0.412. The summed E-state index contributed by atoms with van der Waals surface area (Å²) in [6, 6.07) is 31.6. The van der Waals surface area contributed by atoms with E-state index in [-0.39, 0.29) is 11.1 Å². The van der Waals surface area contributed by atoms with Gasteiger partial charge in [0.15, 0.2) is 0 Å². The second kappa shape index (κ2) is 14.6. The van der Waals surface area contributed by atoms with E-state index in [0.29, 0.717) is 32.0 Å². The molecule has 0 aromatic heterocycles. The van der Waals surface area contributed by atoms with Crippen molar-refractivity contribution in [2.45, 2.75) is 77.2 Å². The largest absolute Gasteiger partial charge is 0.404 e. The summed E-state index contributed by atoms with van der Waals surface area (Å²) in [5, 5.41) is 13.6. The lowest BCUT2D eigenvalue weighted by Gasteiger charge is -2.45. The Morgan fingerprint density at radius 1 is 0.842 bits per heavy atom. The monoisotopic (exact) mass is 530 g/mol. The third-order valence-electron chi connectivity index (χ3n) is 7.27. The highest BCUT2D eigenvalue weighted by atomic mass is 28.4. The van der Waals surface area contributed by atoms with Gasteiger partial charge in [-0.3, -0.25) is 0 Å². The molecule has 0 radical (unpaired) electrons. The summed E-state index contributed by atoms with van der Waals surface area (Å²) >= 11 is 0. The number of hydrogen-bond donors (Lipinski definition) is 1. The van der Waals surface area contributed by atoms with E-state index in [2.05, 4.69) is 107 Å². The predicted octanol–water partition coefficient (Wildman–Crippen LogP) is 6.89. The van der Waals surface area contributed by atoms with Gasteiger partial charge in [0.25, 0.3) is 8.32 Å². The van der Waals surface area contributed by atoms with Crippen molar-refractivity contribution in [3.05, 3.63) is 109 Å². The van der Waals surface area contributed by atoms with Gasteiger partial charge in [-0.1, -0.05) is 125 Å². The highest BCUT2D eigenvalue weighted by Crippen LogP contribution is 2.38. The van der Waals surface area contributed by atoms with Crippen LogP contribution in [-0.2, 0) is 15.8 Å². The molecule has 0 spiro atoms. The third kappa shape index (κ3) is 8.25. The van der Waals surface area contributed by atoms with Crippen LogP contribution in [0.15, 0.2) is 104 Å². The summed E-state index contributed by atoms with van der Waals surface area (Å²) in [6.45, 7) is 14.4. The molecule has 0 aliphatic carbocycles. The maximum atomic E-state index is 11.2. The van der Waals surface area contributed by atoms with Crippen LogP contribution in [0.25, 0.3) is 0 Å². The molecule has 204 valence electrons. The fourth-order valence-electron chi connectivity index (χ4n) is 5.35. The molecule has 38 heavy (non-hydrogen) atoms. The van der Waals surface area contributed by atoms with Crippen LogP contribution in [0.3, 0.4) is 0 Å². The van der Waals surface area contributed by atoms with Crippen LogP contribution in [0.1, 0.15) is 58.9 Å². The van der Waals surface area contributed by atoms with Crippen molar-refractivity contribution in [2.75, 3.05) is 6.61 Å². The summed E-state index contributed by atoms with van der Waals surface area (Å²) in [7, 11) is -2.69. The lowest BCUT2D eigenvalue weighted by molar-refractivity contribution is 0.0641. The van der Waals surface area contributed by atoms with Crippen LogP contribution < -0.4 is 10.4 Å². The first-order valence-electron chi connectivity index (χ1n) is 14.0. The van der Waals surface area contributed by atoms with E-state index in [1.54, 1.807) is 0 Å². The number of aliphatic hydroxyl groups excluding tert-OH is 1. The van der Waals surface area contributed by atoms with E-state index in [1.807, 2.05) is 24.3 Å². The second-order valence-corrected chi connectivity index (χ2v) is 15.7. The minimum atomic E-state index is -2.69. The second-order valence-electron chi connectivity index (χ2n) is 11.5. The van der Waals surface area contributed by atoms with Gasteiger partial charge in [-0.05, 0) is 52.6 Å². The minimum Gasteiger partial charge on any atom is -0.404 e. The Morgan fingerprint density at radius 3 is 1.87 bits per heavy atom. The van der Waals surface area contributed by atoms with Crippen LogP contribution >= 0.6 is 0 Å². The minimum absolute atomic E-state index is 0.108. The molecule has 1 N–H and O–H groups in total. The molecule has 0 saturated carbocycles. The van der Waals surface area contributed by atoms with Crippen molar-refractivity contribution in [3.8, 4) is 0 Å². The van der Waals surface area contributed by atoms with Gasteiger partial charge in [-0.2, -0.15) is 0 Å². The maximum Gasteiger partial charge on any atom is 0.261 e. The van der Waals surface area contributed by atoms with E-state index < -0.39 is 14.4 Å². The number of hydrogen-bond acceptors (Lipinski definition) is 3. The van der Waals surface area contributed by atoms with Gasteiger partial charge in [0, 0.05) is 6.61 Å². The third-order valence-corrected chi connectivity index (χ3v) is 12.4. The van der Waals surface area contributed by atoms with Gasteiger partial charge in [-0.15, -0.1) is 6.58 Å². The molecule has 0 aliphatic heterocycles. The van der Waals surface area contributed by atoms with E-state index in [4.69, 9.17) is 9.16 Å². The molecule has 3 atom stereocenters. The Balaban J connectivity index is 1.70. The molecule has 0 fully saturated rings. The summed E-state index contributed by atoms with van der Waals surface area (Å²) < 4.78 is 13.2. The van der Waals surface area contributed by atoms with Crippen LogP contribution in [-0.4, -0.2) is 32.2 Å². The average Bonchev–Trinajstić information content (AvgIpc) is 2.90. The zero-order chi connectivity index (χ0) is 27.4. The standard InChI is InChI=1S/C34H46O3Si/c1-6-16-31(26-30(35)25-28(2)23-24-36-27-29-17-10-7-11-18-29)37-38(34(3,4)5,32-19-12-8-13-20-32)33-21-14-9-15-22-33/h6-15,17-22,28,30-31,35H,1,16,23-27H2,2-5H3/t28-,30+,31+/m1/s1. The SMILES string of the molecule is C=CC[C@@H](C[C@@H](O)C[C@H](C)CCOCc1ccccc1)O[Si](c1ccccc1)(c1ccccc1)C(C)(C)C. The van der Waals surface area contributed by atoms with Crippen LogP contribution in [0.2, 0.25) is 5.04 Å². The van der Waals surface area contributed by atoms with Gasteiger partial charge in [0.2, 0.25) is 0 Å².